The Kier molecular flexibility index (Phi) is 3.76. The molecule has 4 nitrogen and oxygen atoms in total. The highest BCUT2D eigenvalue weighted by Gasteiger charge is 2.16. The van der Waals surface area contributed by atoms with Crippen LogP contribution < -0.4 is 10.2 Å². The first kappa shape index (κ1) is 12.1. The van der Waals surface area contributed by atoms with Crippen LogP contribution in [-0.2, 0) is 0 Å². The number of anilines is 1. The Labute approximate surface area is 101 Å². The van der Waals surface area contributed by atoms with Crippen molar-refractivity contribution in [1.29, 1.82) is 0 Å². The van der Waals surface area contributed by atoms with Crippen molar-refractivity contribution in [3.63, 3.8) is 0 Å². The van der Waals surface area contributed by atoms with Gasteiger partial charge in [-0.1, -0.05) is 12.1 Å². The molecule has 0 aliphatic carbocycles. The summed E-state index contributed by atoms with van der Waals surface area (Å²) in [6.45, 7) is 4.50. The lowest BCUT2D eigenvalue weighted by molar-refractivity contribution is 0.101. The Bertz CT molecular complexity index is 406. The Balaban J connectivity index is 2.20. The van der Waals surface area contributed by atoms with E-state index in [2.05, 4.69) is 10.2 Å². The number of aliphatic hydroxyl groups excluding tert-OH is 1. The van der Waals surface area contributed by atoms with Gasteiger partial charge in [-0.2, -0.15) is 0 Å². The average Bonchev–Trinajstić information content (AvgIpc) is 2.54. The predicted octanol–water partition coefficient (Wildman–Crippen LogP) is 0.660. The molecule has 4 heteroatoms. The van der Waals surface area contributed by atoms with Crippen molar-refractivity contribution in [3.8, 4) is 0 Å². The molecule has 2 N–H and O–H groups in total. The van der Waals surface area contributed by atoms with Crippen molar-refractivity contribution in [2.45, 2.75) is 13.0 Å². The normalized spacial score (nSPS) is 21.1. The highest BCUT2D eigenvalue weighted by molar-refractivity contribution is 5.94. The molecule has 2 rings (SSSR count). The molecular formula is C13H18N2O2. The molecule has 1 heterocycles. The highest BCUT2D eigenvalue weighted by atomic mass is 16.3. The van der Waals surface area contributed by atoms with Gasteiger partial charge < -0.3 is 15.3 Å². The first-order chi connectivity index (χ1) is 8.16. The monoisotopic (exact) mass is 234 g/mol. The Morgan fingerprint density at radius 2 is 2.35 bits per heavy atom. The lowest BCUT2D eigenvalue weighted by atomic mass is 10.1. The molecule has 1 aliphatic rings. The lowest BCUT2D eigenvalue weighted by Gasteiger charge is -2.24. The second-order valence-electron chi connectivity index (χ2n) is 4.41. The van der Waals surface area contributed by atoms with Crippen LogP contribution in [0.15, 0.2) is 24.3 Å². The van der Waals surface area contributed by atoms with Crippen molar-refractivity contribution in [2.75, 3.05) is 31.1 Å². The number of nitrogens with zero attached hydrogens (tertiary/aromatic N) is 1. The number of nitrogens with one attached hydrogen (secondary N) is 1. The van der Waals surface area contributed by atoms with Gasteiger partial charge in [0.05, 0.1) is 6.10 Å². The van der Waals surface area contributed by atoms with E-state index in [1.807, 2.05) is 24.3 Å². The summed E-state index contributed by atoms with van der Waals surface area (Å²) in [5.74, 6) is 0.0698. The van der Waals surface area contributed by atoms with Crippen molar-refractivity contribution < 1.29 is 9.90 Å². The summed E-state index contributed by atoms with van der Waals surface area (Å²) in [5.41, 5.74) is 1.72. The maximum atomic E-state index is 11.3. The fourth-order valence-electron chi connectivity index (χ4n) is 2.05. The molecule has 0 amide bonds. The number of hydrogen-bond acceptors (Lipinski definition) is 4. The second-order valence-corrected chi connectivity index (χ2v) is 4.41. The van der Waals surface area contributed by atoms with E-state index in [9.17, 15) is 9.90 Å². The third-order valence-corrected chi connectivity index (χ3v) is 2.99. The maximum Gasteiger partial charge on any atom is 0.159 e. The van der Waals surface area contributed by atoms with Gasteiger partial charge >= 0.3 is 0 Å². The third kappa shape index (κ3) is 3.05. The largest absolute Gasteiger partial charge is 0.390 e. The van der Waals surface area contributed by atoms with E-state index in [1.54, 1.807) is 6.92 Å². The molecule has 1 atom stereocenters. The van der Waals surface area contributed by atoms with E-state index in [0.29, 0.717) is 18.7 Å². The van der Waals surface area contributed by atoms with Crippen LogP contribution in [0.3, 0.4) is 0 Å². The van der Waals surface area contributed by atoms with E-state index in [4.69, 9.17) is 0 Å². The van der Waals surface area contributed by atoms with Gasteiger partial charge in [0.2, 0.25) is 0 Å². The van der Waals surface area contributed by atoms with E-state index >= 15 is 0 Å². The van der Waals surface area contributed by atoms with Crippen LogP contribution in [0.25, 0.3) is 0 Å². The van der Waals surface area contributed by atoms with Gasteiger partial charge in [-0.05, 0) is 19.1 Å². The average molecular weight is 234 g/mol. The molecule has 1 aromatic carbocycles. The standard InChI is InChI=1S/C13H18N2O2/c1-10(16)11-3-2-4-12(7-11)15-6-5-14-8-13(17)9-15/h2-4,7,13-14,17H,5-6,8-9H2,1H3. The fourth-order valence-corrected chi connectivity index (χ4v) is 2.05. The van der Waals surface area contributed by atoms with Gasteiger partial charge in [0.25, 0.3) is 0 Å². The third-order valence-electron chi connectivity index (χ3n) is 2.99. The summed E-state index contributed by atoms with van der Waals surface area (Å²) in [7, 11) is 0. The molecule has 0 saturated carbocycles. The zero-order valence-electron chi connectivity index (χ0n) is 10.0. The van der Waals surface area contributed by atoms with Crippen LogP contribution in [-0.4, -0.2) is 43.2 Å². The predicted molar refractivity (Wildman–Crippen MR) is 67.5 cm³/mol. The number of ketones is 1. The molecule has 0 aromatic heterocycles. The molecular weight excluding hydrogens is 216 g/mol. The van der Waals surface area contributed by atoms with Gasteiger partial charge in [0.1, 0.15) is 0 Å². The summed E-state index contributed by atoms with van der Waals surface area (Å²) in [6, 6.07) is 7.57. The zero-order chi connectivity index (χ0) is 12.3. The number of hydrogen-bond donors (Lipinski definition) is 2. The molecule has 17 heavy (non-hydrogen) atoms. The number of benzene rings is 1. The Morgan fingerprint density at radius 3 is 3.12 bits per heavy atom. The summed E-state index contributed by atoms with van der Waals surface area (Å²) >= 11 is 0. The van der Waals surface area contributed by atoms with E-state index < -0.39 is 0 Å². The number of Topliss-reactive ketones (excluding diaryl/α,β-unsaturated/α-hetero) is 1. The minimum absolute atomic E-state index is 0.0698. The number of carbonyl (C=O) groups excluding carboxylic acids is 1. The zero-order valence-corrected chi connectivity index (χ0v) is 10.0. The first-order valence-corrected chi connectivity index (χ1v) is 5.91. The van der Waals surface area contributed by atoms with Gasteiger partial charge in [0, 0.05) is 37.4 Å². The van der Waals surface area contributed by atoms with Crippen LogP contribution in [0, 0.1) is 0 Å². The van der Waals surface area contributed by atoms with Gasteiger partial charge in [0.15, 0.2) is 5.78 Å². The first-order valence-electron chi connectivity index (χ1n) is 5.91. The minimum atomic E-state index is -0.363. The molecule has 1 aromatic rings. The maximum absolute atomic E-state index is 11.3. The van der Waals surface area contributed by atoms with Crippen molar-refractivity contribution in [2.24, 2.45) is 0 Å². The Morgan fingerprint density at radius 1 is 1.53 bits per heavy atom. The molecule has 1 unspecified atom stereocenters. The van der Waals surface area contributed by atoms with Crippen LogP contribution in [0.5, 0.6) is 0 Å². The molecule has 1 saturated heterocycles. The molecule has 1 aliphatic heterocycles. The fraction of sp³-hybridized carbons (Fsp3) is 0.462. The SMILES string of the molecule is CC(=O)c1cccc(N2CCNCC(O)C2)c1. The van der Waals surface area contributed by atoms with Crippen LogP contribution in [0.2, 0.25) is 0 Å². The molecule has 0 spiro atoms. The van der Waals surface area contributed by atoms with Crippen molar-refractivity contribution in [1.82, 2.24) is 5.32 Å². The summed E-state index contributed by atoms with van der Waals surface area (Å²) in [5, 5.41) is 12.9. The van der Waals surface area contributed by atoms with Crippen molar-refractivity contribution >= 4 is 11.5 Å². The van der Waals surface area contributed by atoms with Gasteiger partial charge in [-0.25, -0.2) is 0 Å². The second kappa shape index (κ2) is 5.29. The summed E-state index contributed by atoms with van der Waals surface area (Å²) in [6.07, 6.45) is -0.363. The van der Waals surface area contributed by atoms with Crippen LogP contribution in [0.1, 0.15) is 17.3 Å². The summed E-state index contributed by atoms with van der Waals surface area (Å²) in [4.78, 5) is 13.4. The quantitative estimate of drug-likeness (QED) is 0.738. The topological polar surface area (TPSA) is 52.6 Å². The number of β-amino-alcohol motifs (C(OH)–C–C–N with tert-alkyl or cyclic N) is 1. The number of carbonyl (C=O) groups is 1. The molecule has 0 bridgehead atoms. The van der Waals surface area contributed by atoms with Gasteiger partial charge in [-0.15, -0.1) is 0 Å². The minimum Gasteiger partial charge on any atom is -0.390 e. The van der Waals surface area contributed by atoms with Crippen molar-refractivity contribution in [3.05, 3.63) is 29.8 Å². The number of rotatable bonds is 2. The molecule has 0 radical (unpaired) electrons. The lowest BCUT2D eigenvalue weighted by Crippen LogP contribution is -2.32. The smallest absolute Gasteiger partial charge is 0.159 e. The number of aliphatic hydroxyl groups is 1. The molecule has 1 fully saturated rings. The van der Waals surface area contributed by atoms with E-state index in [0.717, 1.165) is 18.8 Å². The molecule has 92 valence electrons. The van der Waals surface area contributed by atoms with E-state index in [-0.39, 0.29) is 11.9 Å². The van der Waals surface area contributed by atoms with E-state index in [1.165, 1.54) is 0 Å². The summed E-state index contributed by atoms with van der Waals surface area (Å²) < 4.78 is 0. The van der Waals surface area contributed by atoms with Crippen LogP contribution >= 0.6 is 0 Å². The Hall–Kier alpha value is -1.39. The highest BCUT2D eigenvalue weighted by Crippen LogP contribution is 2.17. The van der Waals surface area contributed by atoms with Gasteiger partial charge in [-0.3, -0.25) is 4.79 Å². The van der Waals surface area contributed by atoms with Crippen LogP contribution in [0.4, 0.5) is 5.69 Å².